The van der Waals surface area contributed by atoms with Crippen LogP contribution in [-0.2, 0) is 19.2 Å². The van der Waals surface area contributed by atoms with Crippen LogP contribution in [0.15, 0.2) is 66.2 Å². The summed E-state index contributed by atoms with van der Waals surface area (Å²) >= 11 is 0. The number of urea groups is 1. The van der Waals surface area contributed by atoms with Crippen LogP contribution in [0.4, 0.5) is 10.5 Å². The lowest BCUT2D eigenvalue weighted by Crippen LogP contribution is -2.49. The van der Waals surface area contributed by atoms with Crippen LogP contribution in [-0.4, -0.2) is 52.9 Å². The van der Waals surface area contributed by atoms with Crippen LogP contribution in [0.2, 0.25) is 0 Å². The molecule has 6 atom stereocenters. The lowest BCUT2D eigenvalue weighted by Gasteiger charge is -2.49. The number of rotatable bonds is 5. The topological polar surface area (TPSA) is 147 Å². The normalized spacial score (nSPS) is 31.1. The first kappa shape index (κ1) is 25.9. The molecule has 6 rings (SSSR count). The molecule has 3 fully saturated rings. The molecule has 2 heterocycles. The first-order valence-corrected chi connectivity index (χ1v) is 13.3. The second kappa shape index (κ2) is 9.41. The molecular weight excluding hydrogens is 514 g/mol. The predicted molar refractivity (Wildman–Crippen MR) is 142 cm³/mol. The van der Waals surface area contributed by atoms with Crippen molar-refractivity contribution in [1.29, 1.82) is 0 Å². The summed E-state index contributed by atoms with van der Waals surface area (Å²) in [6.45, 7) is 1.80. The monoisotopic (exact) mass is 543 g/mol. The van der Waals surface area contributed by atoms with E-state index in [-0.39, 0.29) is 37.9 Å². The van der Waals surface area contributed by atoms with Gasteiger partial charge in [-0.1, -0.05) is 42.0 Å². The fourth-order valence-corrected chi connectivity index (χ4v) is 7.36. The van der Waals surface area contributed by atoms with E-state index >= 15 is 0 Å². The standard InChI is InChI=1S/C30H29N3O7/c1-30-22(26(36)32(28(30)38)17-5-3-2-4-6-17)15-21-19(24(30)16-7-9-18(10-8-16)40-14-13-34)11-12-20-23(21)27(37)33(25(20)35)29(31)39/h2-11,20-24,34H,12-15H2,1H3,(H2,31,39)/t20-,21+,22-,23-,24-,30+/m0/s1. The molecule has 2 aliphatic carbocycles. The number of hydrogen-bond acceptors (Lipinski definition) is 7. The smallest absolute Gasteiger partial charge is 0.328 e. The van der Waals surface area contributed by atoms with Gasteiger partial charge in [-0.2, -0.15) is 4.90 Å². The van der Waals surface area contributed by atoms with Crippen molar-refractivity contribution in [2.75, 3.05) is 18.1 Å². The molecule has 3 N–H and O–H groups in total. The molecule has 40 heavy (non-hydrogen) atoms. The number of likely N-dealkylation sites (tertiary alicyclic amines) is 1. The predicted octanol–water partition coefficient (Wildman–Crippen LogP) is 2.37. The van der Waals surface area contributed by atoms with Crippen molar-refractivity contribution < 1.29 is 33.8 Å². The minimum atomic E-state index is -1.16. The number of primary amides is 1. The number of hydrogen-bond donors (Lipinski definition) is 2. The highest BCUT2D eigenvalue weighted by Crippen LogP contribution is 2.63. The van der Waals surface area contributed by atoms with Gasteiger partial charge in [0.25, 0.3) is 0 Å². The number of carbonyl (C=O) groups is 5. The van der Waals surface area contributed by atoms with Crippen molar-refractivity contribution >= 4 is 35.3 Å². The number of carbonyl (C=O) groups excluding carboxylic acids is 5. The van der Waals surface area contributed by atoms with Crippen LogP contribution in [0, 0.1) is 29.1 Å². The number of nitrogens with two attached hydrogens (primary N) is 1. The molecule has 2 aromatic rings. The van der Waals surface area contributed by atoms with E-state index in [0.29, 0.717) is 16.3 Å². The van der Waals surface area contributed by atoms with Gasteiger partial charge in [-0.05, 0) is 55.5 Å². The van der Waals surface area contributed by atoms with E-state index < -0.39 is 52.8 Å². The summed E-state index contributed by atoms with van der Waals surface area (Å²) in [4.78, 5) is 68.4. The van der Waals surface area contributed by atoms with Crippen LogP contribution in [0.1, 0.15) is 31.2 Å². The fourth-order valence-electron chi connectivity index (χ4n) is 7.36. The average molecular weight is 544 g/mol. The molecule has 206 valence electrons. The van der Waals surface area contributed by atoms with Gasteiger partial charge in [0.1, 0.15) is 12.4 Å². The van der Waals surface area contributed by atoms with Crippen molar-refractivity contribution in [3.05, 3.63) is 71.8 Å². The van der Waals surface area contributed by atoms with Crippen LogP contribution in [0.3, 0.4) is 0 Å². The van der Waals surface area contributed by atoms with Gasteiger partial charge in [0.2, 0.25) is 23.6 Å². The van der Waals surface area contributed by atoms with Crippen LogP contribution in [0.25, 0.3) is 0 Å². The second-order valence-corrected chi connectivity index (χ2v) is 11.0. The van der Waals surface area contributed by atoms with Crippen molar-refractivity contribution in [1.82, 2.24) is 4.90 Å². The van der Waals surface area contributed by atoms with Gasteiger partial charge < -0.3 is 15.6 Å². The zero-order valence-electron chi connectivity index (χ0n) is 21.9. The highest BCUT2D eigenvalue weighted by molar-refractivity contribution is 6.24. The molecule has 0 spiro atoms. The second-order valence-electron chi connectivity index (χ2n) is 11.0. The highest BCUT2D eigenvalue weighted by Gasteiger charge is 2.67. The van der Waals surface area contributed by atoms with Gasteiger partial charge in [0, 0.05) is 5.92 Å². The maximum atomic E-state index is 14.3. The van der Waals surface area contributed by atoms with E-state index in [1.54, 1.807) is 42.5 Å². The minimum absolute atomic E-state index is 0.129. The number of fused-ring (bicyclic) bond motifs is 4. The molecule has 2 aliphatic heterocycles. The Morgan fingerprint density at radius 2 is 1.70 bits per heavy atom. The summed E-state index contributed by atoms with van der Waals surface area (Å²) in [5.41, 5.74) is 6.28. The third-order valence-corrected chi connectivity index (χ3v) is 9.08. The third-order valence-electron chi connectivity index (χ3n) is 9.08. The Labute approximate surface area is 230 Å². The lowest BCUT2D eigenvalue weighted by molar-refractivity contribution is -0.136. The largest absolute Gasteiger partial charge is 0.491 e. The van der Waals surface area contributed by atoms with Crippen molar-refractivity contribution in [2.45, 2.75) is 25.7 Å². The number of para-hydroxylation sites is 1. The highest BCUT2D eigenvalue weighted by atomic mass is 16.5. The minimum Gasteiger partial charge on any atom is -0.491 e. The molecule has 10 heteroatoms. The summed E-state index contributed by atoms with van der Waals surface area (Å²) in [6, 6.07) is 14.8. The van der Waals surface area contributed by atoms with Crippen LogP contribution >= 0.6 is 0 Å². The summed E-state index contributed by atoms with van der Waals surface area (Å²) in [7, 11) is 0. The van der Waals surface area contributed by atoms with E-state index in [4.69, 9.17) is 15.6 Å². The molecule has 0 radical (unpaired) electrons. The first-order valence-electron chi connectivity index (χ1n) is 13.3. The molecular formula is C30H29N3O7. The summed E-state index contributed by atoms with van der Waals surface area (Å²) in [5, 5.41) is 9.10. The SMILES string of the molecule is C[C@@]12C(=O)N(c3ccccc3)C(=O)[C@@H]1C[C@@H]1C(=CC[C@@H]3C(=O)N(C(N)=O)C(=O)[C@@H]31)[C@@H]2c1ccc(OCCO)cc1. The number of imide groups is 4. The summed E-state index contributed by atoms with van der Waals surface area (Å²) in [6.07, 6.45) is 2.33. The number of aliphatic hydroxyl groups excluding tert-OH is 1. The number of allylic oxidation sites excluding steroid dienone is 2. The quantitative estimate of drug-likeness (QED) is 0.435. The number of nitrogens with zero attached hydrogens (tertiary/aromatic N) is 2. The molecule has 0 unspecified atom stereocenters. The molecule has 0 aromatic heterocycles. The molecule has 1 saturated carbocycles. The van der Waals surface area contributed by atoms with Gasteiger partial charge in [-0.25, -0.2) is 9.69 Å². The lowest BCUT2D eigenvalue weighted by atomic mass is 9.51. The van der Waals surface area contributed by atoms with E-state index in [0.717, 1.165) is 11.1 Å². The zero-order chi connectivity index (χ0) is 28.3. The number of benzene rings is 2. The van der Waals surface area contributed by atoms with Gasteiger partial charge >= 0.3 is 6.03 Å². The maximum absolute atomic E-state index is 14.3. The van der Waals surface area contributed by atoms with Gasteiger partial charge in [-0.3, -0.25) is 19.2 Å². The third kappa shape index (κ3) is 3.55. The van der Waals surface area contributed by atoms with Crippen LogP contribution < -0.4 is 15.4 Å². The van der Waals surface area contributed by atoms with E-state index in [1.165, 1.54) is 4.90 Å². The van der Waals surface area contributed by atoms with Gasteiger partial charge in [0.15, 0.2) is 0 Å². The van der Waals surface area contributed by atoms with E-state index in [2.05, 4.69) is 0 Å². The Bertz CT molecular complexity index is 1450. The molecule has 4 aliphatic rings. The zero-order valence-corrected chi connectivity index (χ0v) is 21.9. The molecule has 2 saturated heterocycles. The Morgan fingerprint density at radius 3 is 2.35 bits per heavy atom. The Kier molecular flexibility index (Phi) is 6.10. The van der Waals surface area contributed by atoms with Gasteiger partial charge in [-0.15, -0.1) is 0 Å². The average Bonchev–Trinajstić information content (AvgIpc) is 3.32. The Hall–Kier alpha value is -4.31. The van der Waals surface area contributed by atoms with Crippen LogP contribution in [0.5, 0.6) is 5.75 Å². The number of ether oxygens (including phenoxy) is 1. The first-order chi connectivity index (χ1) is 19.2. The van der Waals surface area contributed by atoms with Crippen molar-refractivity contribution in [3.63, 3.8) is 0 Å². The number of amides is 6. The fraction of sp³-hybridized carbons (Fsp3) is 0.367. The molecule has 0 bridgehead atoms. The van der Waals surface area contributed by atoms with Crippen molar-refractivity contribution in [3.8, 4) is 5.75 Å². The summed E-state index contributed by atoms with van der Waals surface area (Å²) in [5.74, 6) is -4.85. The molecule has 10 nitrogen and oxygen atoms in total. The van der Waals surface area contributed by atoms with Crippen molar-refractivity contribution in [2.24, 2.45) is 34.8 Å². The number of aliphatic hydroxyl groups is 1. The van der Waals surface area contributed by atoms with Gasteiger partial charge in [0.05, 0.1) is 35.5 Å². The number of anilines is 1. The Balaban J connectivity index is 1.48. The van der Waals surface area contributed by atoms with E-state index in [9.17, 15) is 24.0 Å². The molecule has 2 aromatic carbocycles. The maximum Gasteiger partial charge on any atom is 0.328 e. The van der Waals surface area contributed by atoms with E-state index in [1.807, 2.05) is 25.1 Å². The Morgan fingerprint density at radius 1 is 1.00 bits per heavy atom. The summed E-state index contributed by atoms with van der Waals surface area (Å²) < 4.78 is 5.52. The molecule has 6 amide bonds.